The molecule has 4 amide bonds. The second kappa shape index (κ2) is 14.2. The van der Waals surface area contributed by atoms with Crippen LogP contribution in [0.3, 0.4) is 0 Å². The van der Waals surface area contributed by atoms with E-state index in [9.17, 15) is 14.4 Å². The number of thioether (sulfide) groups is 2. The number of benzene rings is 3. The molecule has 0 aromatic heterocycles. The number of carbonyl (C=O) groups excluding carboxylic acids is 3. The van der Waals surface area contributed by atoms with Gasteiger partial charge in [-0.1, -0.05) is 55.5 Å². The third kappa shape index (κ3) is 7.38. The van der Waals surface area contributed by atoms with Crippen LogP contribution in [0.4, 0.5) is 10.5 Å². The lowest BCUT2D eigenvalue weighted by molar-refractivity contribution is -0.127. The van der Waals surface area contributed by atoms with Crippen molar-refractivity contribution in [1.29, 1.82) is 0 Å². The Balaban J connectivity index is 1.56. The molecule has 10 heteroatoms. The predicted molar refractivity (Wildman–Crippen MR) is 162 cm³/mol. The molecule has 4 N–H and O–H groups in total. The van der Waals surface area contributed by atoms with E-state index >= 15 is 0 Å². The molecule has 1 aliphatic heterocycles. The van der Waals surface area contributed by atoms with Gasteiger partial charge in [-0.15, -0.1) is 23.5 Å². The van der Waals surface area contributed by atoms with E-state index in [4.69, 9.17) is 5.11 Å². The Morgan fingerprint density at radius 1 is 1.07 bits per heavy atom. The van der Waals surface area contributed by atoms with Crippen molar-refractivity contribution in [2.45, 2.75) is 42.3 Å². The van der Waals surface area contributed by atoms with Gasteiger partial charge in [0.15, 0.2) is 0 Å². The normalized spacial score (nSPS) is 14.7. The number of nitrogens with zero attached hydrogens (tertiary/aromatic N) is 1. The molecular formula is C30H34N4O4S2. The second-order valence-electron chi connectivity index (χ2n) is 9.23. The molecule has 0 radical (unpaired) electrons. The summed E-state index contributed by atoms with van der Waals surface area (Å²) in [7, 11) is 0. The van der Waals surface area contributed by atoms with Crippen LogP contribution in [-0.4, -0.2) is 54.2 Å². The van der Waals surface area contributed by atoms with Gasteiger partial charge in [-0.05, 0) is 46.7 Å². The van der Waals surface area contributed by atoms with Crippen LogP contribution in [0.15, 0.2) is 76.5 Å². The standard InChI is InChI=1S/C30H34N4O4S2/c1-3-28(36)33-25-19-40-27-16-23(39-2)12-13-26(27)34(29(25)37)18-20-8-10-21(11-9-20)24-7-5-4-6-22(24)17-32-30(38)31-14-15-35/h4-13,16,25,35H,3,14-15,17-19H2,1-2H3,(H,33,36)(H2,31,32,38)/t25-/m1/s1. The van der Waals surface area contributed by atoms with E-state index in [1.165, 1.54) is 0 Å². The highest BCUT2D eigenvalue weighted by Crippen LogP contribution is 2.38. The van der Waals surface area contributed by atoms with Crippen LogP contribution in [-0.2, 0) is 22.7 Å². The molecule has 1 aliphatic rings. The fourth-order valence-corrected chi connectivity index (χ4v) is 6.03. The molecule has 3 aromatic carbocycles. The lowest BCUT2D eigenvalue weighted by atomic mass is 9.98. The second-order valence-corrected chi connectivity index (χ2v) is 11.2. The van der Waals surface area contributed by atoms with Crippen LogP contribution in [0.2, 0.25) is 0 Å². The maximum Gasteiger partial charge on any atom is 0.315 e. The predicted octanol–water partition coefficient (Wildman–Crippen LogP) is 4.40. The number of aliphatic hydroxyl groups is 1. The largest absolute Gasteiger partial charge is 0.395 e. The number of nitrogens with one attached hydrogen (secondary N) is 3. The van der Waals surface area contributed by atoms with Gasteiger partial charge in [-0.2, -0.15) is 0 Å². The van der Waals surface area contributed by atoms with Crippen molar-refractivity contribution in [1.82, 2.24) is 16.0 Å². The molecule has 0 saturated heterocycles. The molecule has 0 saturated carbocycles. The summed E-state index contributed by atoms with van der Waals surface area (Å²) in [5.74, 6) is 0.219. The van der Waals surface area contributed by atoms with Crippen LogP contribution in [0.1, 0.15) is 24.5 Å². The molecule has 0 unspecified atom stereocenters. The highest BCUT2D eigenvalue weighted by atomic mass is 32.2. The Hall–Kier alpha value is -3.47. The molecule has 3 aromatic rings. The highest BCUT2D eigenvalue weighted by Gasteiger charge is 2.32. The first-order valence-corrected chi connectivity index (χ1v) is 15.4. The number of hydrogen-bond acceptors (Lipinski definition) is 6. The minimum Gasteiger partial charge on any atom is -0.395 e. The van der Waals surface area contributed by atoms with Gasteiger partial charge in [0.05, 0.1) is 18.8 Å². The minimum absolute atomic E-state index is 0.114. The van der Waals surface area contributed by atoms with Gasteiger partial charge in [0.2, 0.25) is 5.91 Å². The molecule has 0 bridgehead atoms. The number of amides is 4. The summed E-state index contributed by atoms with van der Waals surface area (Å²) < 4.78 is 0. The zero-order valence-corrected chi connectivity index (χ0v) is 24.2. The van der Waals surface area contributed by atoms with Crippen molar-refractivity contribution in [3.8, 4) is 11.1 Å². The summed E-state index contributed by atoms with van der Waals surface area (Å²) in [6, 6.07) is 21.1. The number of aliphatic hydroxyl groups excluding tert-OH is 1. The first kappa shape index (κ1) is 29.5. The van der Waals surface area contributed by atoms with E-state index in [2.05, 4.69) is 22.0 Å². The van der Waals surface area contributed by atoms with E-state index in [1.807, 2.05) is 66.9 Å². The number of hydrogen-bond donors (Lipinski definition) is 4. The topological polar surface area (TPSA) is 111 Å². The average molecular weight is 579 g/mol. The van der Waals surface area contributed by atoms with Gasteiger partial charge >= 0.3 is 6.03 Å². The molecule has 0 spiro atoms. The fourth-order valence-electron chi connectivity index (χ4n) is 4.41. The molecule has 4 rings (SSSR count). The van der Waals surface area contributed by atoms with E-state index < -0.39 is 6.04 Å². The number of carbonyl (C=O) groups is 3. The summed E-state index contributed by atoms with van der Waals surface area (Å²) in [6.07, 6.45) is 2.35. The van der Waals surface area contributed by atoms with Crippen molar-refractivity contribution in [2.24, 2.45) is 0 Å². The lowest BCUT2D eigenvalue weighted by Gasteiger charge is -2.26. The van der Waals surface area contributed by atoms with Crippen molar-refractivity contribution in [3.05, 3.63) is 77.9 Å². The summed E-state index contributed by atoms with van der Waals surface area (Å²) in [5, 5.41) is 17.2. The van der Waals surface area contributed by atoms with E-state index in [1.54, 1.807) is 35.3 Å². The molecule has 1 atom stereocenters. The van der Waals surface area contributed by atoms with Gasteiger partial charge < -0.3 is 26.0 Å². The maximum atomic E-state index is 13.7. The SMILES string of the molecule is CCC(=O)N[C@@H]1CSc2cc(SC)ccc2N(Cc2ccc(-c3ccccc3CNC(=O)NCCO)cc2)C1=O. The van der Waals surface area contributed by atoms with Gasteiger partial charge in [-0.25, -0.2) is 4.79 Å². The molecule has 1 heterocycles. The fraction of sp³-hybridized carbons (Fsp3) is 0.300. The number of anilines is 1. The van der Waals surface area contributed by atoms with Crippen molar-refractivity contribution < 1.29 is 19.5 Å². The Morgan fingerprint density at radius 2 is 1.85 bits per heavy atom. The average Bonchev–Trinajstić information content (AvgIpc) is 3.11. The molecule has 0 fully saturated rings. The van der Waals surface area contributed by atoms with Gasteiger partial charge in [0.1, 0.15) is 6.04 Å². The molecule has 40 heavy (non-hydrogen) atoms. The molecule has 0 aliphatic carbocycles. The summed E-state index contributed by atoms with van der Waals surface area (Å²) in [6.45, 7) is 2.58. The Morgan fingerprint density at radius 3 is 2.58 bits per heavy atom. The number of urea groups is 1. The zero-order chi connectivity index (χ0) is 28.5. The summed E-state index contributed by atoms with van der Waals surface area (Å²) >= 11 is 3.25. The first-order valence-electron chi connectivity index (χ1n) is 13.1. The van der Waals surface area contributed by atoms with Crippen LogP contribution in [0, 0.1) is 0 Å². The van der Waals surface area contributed by atoms with E-state index in [-0.39, 0.29) is 31.0 Å². The smallest absolute Gasteiger partial charge is 0.315 e. The van der Waals surface area contributed by atoms with Crippen LogP contribution >= 0.6 is 23.5 Å². The minimum atomic E-state index is -0.601. The molecule has 210 valence electrons. The van der Waals surface area contributed by atoms with E-state index in [0.29, 0.717) is 25.3 Å². The van der Waals surface area contributed by atoms with Crippen molar-refractivity contribution >= 4 is 47.1 Å². The Labute approximate surface area is 243 Å². The van der Waals surface area contributed by atoms with Gasteiger partial charge in [0, 0.05) is 35.1 Å². The maximum absolute atomic E-state index is 13.7. The Bertz CT molecular complexity index is 1350. The van der Waals surface area contributed by atoms with E-state index in [0.717, 1.165) is 37.7 Å². The Kier molecular flexibility index (Phi) is 10.5. The van der Waals surface area contributed by atoms with Crippen molar-refractivity contribution in [3.63, 3.8) is 0 Å². The first-order chi connectivity index (χ1) is 19.4. The highest BCUT2D eigenvalue weighted by molar-refractivity contribution is 8.00. The number of fused-ring (bicyclic) bond motifs is 1. The van der Waals surface area contributed by atoms with Crippen molar-refractivity contribution in [2.75, 3.05) is 30.1 Å². The lowest BCUT2D eigenvalue weighted by Crippen LogP contribution is -2.49. The molecule has 8 nitrogen and oxygen atoms in total. The summed E-state index contributed by atoms with van der Waals surface area (Å²) in [4.78, 5) is 41.7. The molecular weight excluding hydrogens is 544 g/mol. The quantitative estimate of drug-likeness (QED) is 0.266. The third-order valence-electron chi connectivity index (χ3n) is 6.54. The van der Waals surface area contributed by atoms with Crippen LogP contribution in [0.5, 0.6) is 0 Å². The monoisotopic (exact) mass is 578 g/mol. The van der Waals surface area contributed by atoms with Crippen LogP contribution in [0.25, 0.3) is 11.1 Å². The van der Waals surface area contributed by atoms with Gasteiger partial charge in [-0.3, -0.25) is 9.59 Å². The number of rotatable bonds is 10. The third-order valence-corrected chi connectivity index (χ3v) is 8.41. The van der Waals surface area contributed by atoms with Gasteiger partial charge in [0.25, 0.3) is 5.91 Å². The van der Waals surface area contributed by atoms with Crippen LogP contribution < -0.4 is 20.9 Å². The zero-order valence-electron chi connectivity index (χ0n) is 22.6. The summed E-state index contributed by atoms with van der Waals surface area (Å²) in [5.41, 5.74) is 4.76.